The first-order valence-electron chi connectivity index (χ1n) is 6.25. The number of benzene rings is 1. The summed E-state index contributed by atoms with van der Waals surface area (Å²) in [6.45, 7) is 3.48. The van der Waals surface area contributed by atoms with E-state index in [9.17, 15) is 13.2 Å². The summed E-state index contributed by atoms with van der Waals surface area (Å²) < 4.78 is 40.3. The van der Waals surface area contributed by atoms with Crippen LogP contribution in [0, 0.1) is 0 Å². The van der Waals surface area contributed by atoms with E-state index in [2.05, 4.69) is 31.4 Å². The first kappa shape index (κ1) is 15.8. The third kappa shape index (κ3) is 3.93. The van der Waals surface area contributed by atoms with Crippen molar-refractivity contribution in [2.45, 2.75) is 26.1 Å². The van der Waals surface area contributed by atoms with Crippen LogP contribution in [0.4, 0.5) is 19.0 Å². The van der Waals surface area contributed by atoms with Crippen molar-refractivity contribution in [2.24, 2.45) is 0 Å². The van der Waals surface area contributed by atoms with Gasteiger partial charge in [-0.25, -0.2) is 0 Å². The molecule has 0 unspecified atom stereocenters. The zero-order valence-corrected chi connectivity index (χ0v) is 13.0. The van der Waals surface area contributed by atoms with Crippen molar-refractivity contribution in [3.05, 3.63) is 40.4 Å². The molecule has 0 saturated carbocycles. The third-order valence-electron chi connectivity index (χ3n) is 2.66. The standard InChI is InChI=1S/C14H13BrF3N3/c1-8(2)19-13-11(14(16,17)18)7-12(20-21-13)9-3-5-10(15)6-4-9/h3-8H,1-2H3,(H,19,21). The molecule has 0 aliphatic heterocycles. The lowest BCUT2D eigenvalue weighted by Crippen LogP contribution is -2.18. The molecule has 1 N–H and O–H groups in total. The molecular formula is C14H13BrF3N3. The molecular weight excluding hydrogens is 347 g/mol. The number of nitrogens with one attached hydrogen (secondary N) is 1. The Morgan fingerprint density at radius 2 is 1.71 bits per heavy atom. The number of alkyl halides is 3. The van der Waals surface area contributed by atoms with Crippen LogP contribution in [-0.4, -0.2) is 16.2 Å². The number of anilines is 1. The highest BCUT2D eigenvalue weighted by atomic mass is 79.9. The van der Waals surface area contributed by atoms with Crippen molar-refractivity contribution in [1.82, 2.24) is 10.2 Å². The Morgan fingerprint density at radius 3 is 2.24 bits per heavy atom. The highest BCUT2D eigenvalue weighted by Crippen LogP contribution is 2.35. The predicted octanol–water partition coefficient (Wildman–Crippen LogP) is 4.75. The van der Waals surface area contributed by atoms with Crippen LogP contribution in [0.3, 0.4) is 0 Å². The van der Waals surface area contributed by atoms with Crippen LogP contribution in [0.5, 0.6) is 0 Å². The molecule has 0 fully saturated rings. The molecule has 1 aromatic carbocycles. The summed E-state index contributed by atoms with van der Waals surface area (Å²) in [5, 5.41) is 10.2. The monoisotopic (exact) mass is 359 g/mol. The molecule has 2 rings (SSSR count). The predicted molar refractivity (Wildman–Crippen MR) is 78.9 cm³/mol. The minimum Gasteiger partial charge on any atom is -0.366 e. The third-order valence-corrected chi connectivity index (χ3v) is 3.19. The van der Waals surface area contributed by atoms with Crippen molar-refractivity contribution in [1.29, 1.82) is 0 Å². The Labute approximate surface area is 128 Å². The van der Waals surface area contributed by atoms with Crippen molar-refractivity contribution in [2.75, 3.05) is 5.32 Å². The maximum atomic E-state index is 13.1. The van der Waals surface area contributed by atoms with Crippen LogP contribution < -0.4 is 5.32 Å². The fourth-order valence-corrected chi connectivity index (χ4v) is 2.01. The van der Waals surface area contributed by atoms with Gasteiger partial charge in [-0.2, -0.15) is 13.2 Å². The summed E-state index contributed by atoms with van der Waals surface area (Å²) in [4.78, 5) is 0. The molecule has 112 valence electrons. The number of nitrogens with zero attached hydrogens (tertiary/aromatic N) is 2. The highest BCUT2D eigenvalue weighted by molar-refractivity contribution is 9.10. The smallest absolute Gasteiger partial charge is 0.366 e. The van der Waals surface area contributed by atoms with Gasteiger partial charge in [-0.15, -0.1) is 10.2 Å². The average Bonchev–Trinajstić information content (AvgIpc) is 2.38. The number of aromatic nitrogens is 2. The lowest BCUT2D eigenvalue weighted by molar-refractivity contribution is -0.137. The van der Waals surface area contributed by atoms with E-state index in [0.717, 1.165) is 10.5 Å². The van der Waals surface area contributed by atoms with E-state index in [4.69, 9.17) is 0 Å². The molecule has 0 amide bonds. The summed E-state index contributed by atoms with van der Waals surface area (Å²) in [6, 6.07) is 7.70. The van der Waals surface area contributed by atoms with Crippen molar-refractivity contribution in [3.8, 4) is 11.3 Å². The summed E-state index contributed by atoms with van der Waals surface area (Å²) in [5.41, 5.74) is -0.0550. The number of hydrogen-bond acceptors (Lipinski definition) is 3. The van der Waals surface area contributed by atoms with Gasteiger partial charge in [0.25, 0.3) is 0 Å². The number of rotatable bonds is 3. The van der Waals surface area contributed by atoms with Gasteiger partial charge >= 0.3 is 6.18 Å². The van der Waals surface area contributed by atoms with Gasteiger partial charge in [0.05, 0.1) is 5.69 Å². The van der Waals surface area contributed by atoms with Crippen LogP contribution in [-0.2, 0) is 6.18 Å². The molecule has 1 aromatic heterocycles. The lowest BCUT2D eigenvalue weighted by Gasteiger charge is -2.16. The summed E-state index contributed by atoms with van der Waals surface area (Å²) in [7, 11) is 0. The first-order valence-corrected chi connectivity index (χ1v) is 7.04. The van der Waals surface area contributed by atoms with Crippen LogP contribution in [0.15, 0.2) is 34.8 Å². The lowest BCUT2D eigenvalue weighted by atomic mass is 10.1. The van der Waals surface area contributed by atoms with Crippen LogP contribution in [0.1, 0.15) is 19.4 Å². The van der Waals surface area contributed by atoms with Gasteiger partial charge in [0.2, 0.25) is 0 Å². The number of halogens is 4. The molecule has 0 aliphatic carbocycles. The topological polar surface area (TPSA) is 37.8 Å². The molecule has 0 aliphatic rings. The second kappa shape index (κ2) is 6.01. The second-order valence-corrected chi connectivity index (χ2v) is 5.71. The summed E-state index contributed by atoms with van der Waals surface area (Å²) in [5.74, 6) is -0.252. The van der Waals surface area contributed by atoms with Crippen LogP contribution >= 0.6 is 15.9 Å². The highest BCUT2D eigenvalue weighted by Gasteiger charge is 2.35. The zero-order chi connectivity index (χ0) is 15.6. The molecule has 21 heavy (non-hydrogen) atoms. The van der Waals surface area contributed by atoms with Gasteiger partial charge in [-0.05, 0) is 32.0 Å². The molecule has 0 spiro atoms. The second-order valence-electron chi connectivity index (χ2n) is 4.80. The molecule has 3 nitrogen and oxygen atoms in total. The van der Waals surface area contributed by atoms with E-state index in [1.807, 2.05) is 0 Å². The molecule has 1 heterocycles. The minimum absolute atomic E-state index is 0.168. The van der Waals surface area contributed by atoms with Gasteiger partial charge in [0.1, 0.15) is 5.56 Å². The summed E-state index contributed by atoms with van der Waals surface area (Å²) >= 11 is 3.28. The van der Waals surface area contributed by atoms with Gasteiger partial charge in [0.15, 0.2) is 5.82 Å². The van der Waals surface area contributed by atoms with Crippen molar-refractivity contribution in [3.63, 3.8) is 0 Å². The fraction of sp³-hybridized carbons (Fsp3) is 0.286. The van der Waals surface area contributed by atoms with Crippen LogP contribution in [0.2, 0.25) is 0 Å². The zero-order valence-electron chi connectivity index (χ0n) is 11.4. The molecule has 0 atom stereocenters. The van der Waals surface area contributed by atoms with E-state index < -0.39 is 11.7 Å². The molecule has 0 radical (unpaired) electrons. The SMILES string of the molecule is CC(C)Nc1nnc(-c2ccc(Br)cc2)cc1C(F)(F)F. The minimum atomic E-state index is -4.49. The Hall–Kier alpha value is -1.63. The Bertz CT molecular complexity index is 624. The maximum Gasteiger partial charge on any atom is 0.420 e. The van der Waals surface area contributed by atoms with Crippen molar-refractivity contribution < 1.29 is 13.2 Å². The molecule has 7 heteroatoms. The largest absolute Gasteiger partial charge is 0.420 e. The normalized spacial score (nSPS) is 11.8. The average molecular weight is 360 g/mol. The van der Waals surface area contributed by atoms with E-state index in [1.165, 1.54) is 0 Å². The quantitative estimate of drug-likeness (QED) is 0.859. The first-order chi connectivity index (χ1) is 9.77. The number of hydrogen-bond donors (Lipinski definition) is 1. The van der Waals surface area contributed by atoms with Gasteiger partial charge in [-0.3, -0.25) is 0 Å². The summed E-state index contributed by atoms with van der Waals surface area (Å²) in [6.07, 6.45) is -4.49. The van der Waals surface area contributed by atoms with E-state index in [-0.39, 0.29) is 17.6 Å². The van der Waals surface area contributed by atoms with E-state index in [1.54, 1.807) is 38.1 Å². The van der Waals surface area contributed by atoms with E-state index in [0.29, 0.717) is 5.56 Å². The molecule has 0 bridgehead atoms. The van der Waals surface area contributed by atoms with Gasteiger partial charge < -0.3 is 5.32 Å². The molecule has 2 aromatic rings. The fourth-order valence-electron chi connectivity index (χ4n) is 1.75. The van der Waals surface area contributed by atoms with Crippen LogP contribution in [0.25, 0.3) is 11.3 Å². The van der Waals surface area contributed by atoms with Crippen molar-refractivity contribution >= 4 is 21.7 Å². The maximum absolute atomic E-state index is 13.1. The Balaban J connectivity index is 2.48. The van der Waals surface area contributed by atoms with Gasteiger partial charge in [-0.1, -0.05) is 28.1 Å². The van der Waals surface area contributed by atoms with E-state index >= 15 is 0 Å². The Kier molecular flexibility index (Phi) is 4.51. The Morgan fingerprint density at radius 1 is 1.10 bits per heavy atom. The van der Waals surface area contributed by atoms with Gasteiger partial charge in [0, 0.05) is 16.1 Å². The molecule has 0 saturated heterocycles.